The number of fused-ring (bicyclic) bond motifs is 1. The third kappa shape index (κ3) is 5.42. The molecule has 2 N–H and O–H groups in total. The van der Waals surface area contributed by atoms with E-state index >= 15 is 0 Å². The number of nitrogens with zero attached hydrogens (tertiary/aromatic N) is 4. The maximum atomic E-state index is 12.5. The number of hydrogen-bond acceptors (Lipinski definition) is 6. The molecule has 1 aliphatic rings. The van der Waals surface area contributed by atoms with Crippen molar-refractivity contribution in [2.45, 2.75) is 57.1 Å². The summed E-state index contributed by atoms with van der Waals surface area (Å²) in [4.78, 5) is 28.7. The molecule has 0 bridgehead atoms. The van der Waals surface area contributed by atoms with Crippen LogP contribution in [0.4, 0.5) is 0 Å². The summed E-state index contributed by atoms with van der Waals surface area (Å²) < 4.78 is 10.0. The normalized spacial score (nSPS) is 15.6. The Morgan fingerprint density at radius 3 is 2.59 bits per heavy atom. The average molecular weight is 470 g/mol. The number of aliphatic hydroxyl groups excluding tert-OH is 1. The van der Waals surface area contributed by atoms with Crippen molar-refractivity contribution in [1.29, 1.82) is 0 Å². The molecule has 2 aromatic heterocycles. The highest BCUT2D eigenvalue weighted by Gasteiger charge is 2.16. The van der Waals surface area contributed by atoms with E-state index in [0.29, 0.717) is 36.7 Å². The molecule has 1 atom stereocenters. The van der Waals surface area contributed by atoms with Crippen molar-refractivity contribution in [2.24, 2.45) is 14.1 Å². The fourth-order valence-electron chi connectivity index (χ4n) is 4.73. The van der Waals surface area contributed by atoms with Gasteiger partial charge < -0.3 is 19.7 Å². The Bertz CT molecular complexity index is 1200. The number of aliphatic hydroxyl groups is 1. The van der Waals surface area contributed by atoms with E-state index in [1.54, 1.807) is 17.9 Å². The summed E-state index contributed by atoms with van der Waals surface area (Å²) in [6, 6.07) is 8.31. The van der Waals surface area contributed by atoms with Crippen LogP contribution >= 0.6 is 0 Å². The molecular formula is C25H35N5O4. The van der Waals surface area contributed by atoms with Crippen molar-refractivity contribution in [3.63, 3.8) is 0 Å². The van der Waals surface area contributed by atoms with Crippen LogP contribution in [0.15, 0.2) is 40.2 Å². The molecule has 0 saturated heterocycles. The molecule has 0 radical (unpaired) electrons. The van der Waals surface area contributed by atoms with Gasteiger partial charge in [-0.1, -0.05) is 31.4 Å². The van der Waals surface area contributed by atoms with E-state index in [1.807, 2.05) is 12.1 Å². The van der Waals surface area contributed by atoms with Crippen molar-refractivity contribution >= 4 is 11.2 Å². The van der Waals surface area contributed by atoms with Gasteiger partial charge in [0.25, 0.3) is 5.56 Å². The first-order chi connectivity index (χ1) is 16.5. The minimum Gasteiger partial charge on any atom is -0.491 e. The Kier molecular flexibility index (Phi) is 7.84. The van der Waals surface area contributed by atoms with Crippen LogP contribution in [-0.4, -0.2) is 49.6 Å². The minimum absolute atomic E-state index is 0.228. The molecule has 184 valence electrons. The number of aromatic nitrogens is 4. The number of benzene rings is 1. The van der Waals surface area contributed by atoms with Crippen molar-refractivity contribution in [1.82, 2.24) is 24.0 Å². The lowest BCUT2D eigenvalue weighted by Crippen LogP contribution is -2.37. The molecule has 1 unspecified atom stereocenters. The van der Waals surface area contributed by atoms with E-state index < -0.39 is 6.10 Å². The summed E-state index contributed by atoms with van der Waals surface area (Å²) >= 11 is 0. The van der Waals surface area contributed by atoms with Crippen LogP contribution in [-0.2, 0) is 20.6 Å². The SMILES string of the molecule is Cn1c(=O)c2c(ncn2CCCNCC(O)COc2ccc(C3CCCCC3)cc2)n(C)c1=O. The molecular weight excluding hydrogens is 434 g/mol. The molecule has 4 rings (SSSR count). The Morgan fingerprint density at radius 1 is 1.12 bits per heavy atom. The van der Waals surface area contributed by atoms with Gasteiger partial charge in [0.2, 0.25) is 0 Å². The van der Waals surface area contributed by atoms with Crippen molar-refractivity contribution < 1.29 is 9.84 Å². The van der Waals surface area contributed by atoms with Gasteiger partial charge in [0, 0.05) is 27.2 Å². The van der Waals surface area contributed by atoms with Gasteiger partial charge in [0.15, 0.2) is 11.2 Å². The molecule has 0 spiro atoms. The van der Waals surface area contributed by atoms with Gasteiger partial charge in [-0.3, -0.25) is 13.9 Å². The smallest absolute Gasteiger partial charge is 0.332 e. The lowest BCUT2D eigenvalue weighted by atomic mass is 9.84. The van der Waals surface area contributed by atoms with Crippen molar-refractivity contribution in [2.75, 3.05) is 19.7 Å². The van der Waals surface area contributed by atoms with E-state index in [4.69, 9.17) is 4.74 Å². The summed E-state index contributed by atoms with van der Waals surface area (Å²) in [7, 11) is 3.08. The summed E-state index contributed by atoms with van der Waals surface area (Å²) in [5.74, 6) is 1.45. The summed E-state index contributed by atoms with van der Waals surface area (Å²) in [6.07, 6.45) is 8.26. The fraction of sp³-hybridized carbons (Fsp3) is 0.560. The van der Waals surface area contributed by atoms with E-state index in [2.05, 4.69) is 22.4 Å². The zero-order chi connectivity index (χ0) is 24.1. The molecule has 0 aliphatic heterocycles. The molecule has 1 fully saturated rings. The maximum Gasteiger partial charge on any atom is 0.332 e. The van der Waals surface area contributed by atoms with Gasteiger partial charge in [-0.2, -0.15) is 0 Å². The molecule has 9 nitrogen and oxygen atoms in total. The van der Waals surface area contributed by atoms with Crippen molar-refractivity contribution in [3.05, 3.63) is 57.0 Å². The lowest BCUT2D eigenvalue weighted by Gasteiger charge is -2.22. The van der Waals surface area contributed by atoms with Crippen molar-refractivity contribution in [3.8, 4) is 5.75 Å². The van der Waals surface area contributed by atoms with Crippen LogP contribution in [0.2, 0.25) is 0 Å². The highest BCUT2D eigenvalue weighted by atomic mass is 16.5. The Morgan fingerprint density at radius 2 is 1.85 bits per heavy atom. The molecule has 0 amide bonds. The van der Waals surface area contributed by atoms with Crippen LogP contribution in [0.3, 0.4) is 0 Å². The largest absolute Gasteiger partial charge is 0.491 e. The number of ether oxygens (including phenoxy) is 1. The Hall–Kier alpha value is -2.91. The average Bonchev–Trinajstić information content (AvgIpc) is 3.29. The number of rotatable bonds is 10. The minimum atomic E-state index is -0.617. The zero-order valence-corrected chi connectivity index (χ0v) is 20.1. The maximum absolute atomic E-state index is 12.5. The molecule has 2 heterocycles. The predicted molar refractivity (Wildman–Crippen MR) is 131 cm³/mol. The molecule has 9 heteroatoms. The first-order valence-electron chi connectivity index (χ1n) is 12.2. The second-order valence-corrected chi connectivity index (χ2v) is 9.24. The fourth-order valence-corrected chi connectivity index (χ4v) is 4.73. The lowest BCUT2D eigenvalue weighted by molar-refractivity contribution is 0.106. The second-order valence-electron chi connectivity index (χ2n) is 9.24. The van der Waals surface area contributed by atoms with Crippen LogP contribution in [0.5, 0.6) is 5.75 Å². The van der Waals surface area contributed by atoms with E-state index in [0.717, 1.165) is 16.7 Å². The van der Waals surface area contributed by atoms with Gasteiger partial charge in [0.1, 0.15) is 18.5 Å². The summed E-state index contributed by atoms with van der Waals surface area (Å²) in [6.45, 7) is 1.89. The molecule has 34 heavy (non-hydrogen) atoms. The van der Waals surface area contributed by atoms with Crippen LogP contribution in [0.1, 0.15) is 50.0 Å². The first kappa shape index (κ1) is 24.2. The number of imidazole rings is 1. The van der Waals surface area contributed by atoms with E-state index in [9.17, 15) is 14.7 Å². The Labute approximate surface area is 199 Å². The quantitative estimate of drug-likeness (QED) is 0.440. The first-order valence-corrected chi connectivity index (χ1v) is 12.2. The van der Waals surface area contributed by atoms with Gasteiger partial charge in [0.05, 0.1) is 6.33 Å². The van der Waals surface area contributed by atoms with Crippen LogP contribution in [0, 0.1) is 0 Å². The van der Waals surface area contributed by atoms with E-state index in [1.165, 1.54) is 49.3 Å². The van der Waals surface area contributed by atoms with Gasteiger partial charge in [-0.05, 0) is 49.4 Å². The molecule has 1 aliphatic carbocycles. The number of hydrogen-bond donors (Lipinski definition) is 2. The molecule has 1 saturated carbocycles. The van der Waals surface area contributed by atoms with E-state index in [-0.39, 0.29) is 17.9 Å². The third-order valence-corrected chi connectivity index (χ3v) is 6.75. The molecule has 3 aromatic rings. The number of nitrogens with one attached hydrogen (secondary N) is 1. The van der Waals surface area contributed by atoms with Crippen LogP contribution < -0.4 is 21.3 Å². The van der Waals surface area contributed by atoms with Crippen LogP contribution in [0.25, 0.3) is 11.2 Å². The second kappa shape index (κ2) is 11.0. The Balaban J connectivity index is 1.18. The molecule has 1 aromatic carbocycles. The zero-order valence-electron chi connectivity index (χ0n) is 20.1. The van der Waals surface area contributed by atoms with Gasteiger partial charge >= 0.3 is 5.69 Å². The van der Waals surface area contributed by atoms with Gasteiger partial charge in [-0.15, -0.1) is 0 Å². The number of aryl methyl sites for hydroxylation is 2. The topological polar surface area (TPSA) is 103 Å². The standard InChI is InChI=1S/C25H35N5O4/c1-28-23-22(24(32)29(2)25(28)33)30(17-27-23)14-6-13-26-15-20(31)16-34-21-11-9-19(10-12-21)18-7-4-3-5-8-18/h9-12,17-18,20,26,31H,3-8,13-16H2,1-2H3. The summed E-state index contributed by atoms with van der Waals surface area (Å²) in [5, 5.41) is 13.5. The highest BCUT2D eigenvalue weighted by molar-refractivity contribution is 5.69. The van der Waals surface area contributed by atoms with Gasteiger partial charge in [-0.25, -0.2) is 9.78 Å². The predicted octanol–water partition coefficient (Wildman–Crippen LogP) is 1.90. The summed E-state index contributed by atoms with van der Waals surface area (Å²) in [5.41, 5.74) is 1.47. The highest BCUT2D eigenvalue weighted by Crippen LogP contribution is 2.33. The third-order valence-electron chi connectivity index (χ3n) is 6.75. The monoisotopic (exact) mass is 469 g/mol.